The van der Waals surface area contributed by atoms with Crippen molar-refractivity contribution in [2.24, 2.45) is 5.92 Å². The van der Waals surface area contributed by atoms with Gasteiger partial charge in [-0.1, -0.05) is 53.7 Å². The number of piperidine rings is 1. The largest absolute Gasteiger partial charge is 0.352 e. The molecule has 4 rings (SSSR count). The third-order valence-corrected chi connectivity index (χ3v) is 5.56. The Bertz CT molecular complexity index is 1010. The fourth-order valence-corrected chi connectivity index (χ4v) is 3.77. The summed E-state index contributed by atoms with van der Waals surface area (Å²) >= 11 is 0. The maximum atomic E-state index is 13.0. The molecule has 2 aromatic carbocycles. The van der Waals surface area contributed by atoms with Gasteiger partial charge >= 0.3 is 0 Å². The van der Waals surface area contributed by atoms with Gasteiger partial charge in [0.05, 0.1) is 11.4 Å². The summed E-state index contributed by atoms with van der Waals surface area (Å²) in [5.41, 5.74) is 3.03. The molecule has 0 unspecified atom stereocenters. The number of nitrogens with one attached hydrogen (secondary N) is 1. The van der Waals surface area contributed by atoms with Gasteiger partial charge in [0.15, 0.2) is 5.69 Å². The molecule has 1 aliphatic heterocycles. The van der Waals surface area contributed by atoms with Crippen LogP contribution >= 0.6 is 0 Å². The van der Waals surface area contributed by atoms with Gasteiger partial charge in [-0.25, -0.2) is 4.68 Å². The maximum absolute atomic E-state index is 13.0. The van der Waals surface area contributed by atoms with Gasteiger partial charge in [-0.2, -0.15) is 0 Å². The summed E-state index contributed by atoms with van der Waals surface area (Å²) < 4.78 is 1.68. The average Bonchev–Trinajstić information content (AvgIpc) is 3.19. The number of aromatic nitrogens is 3. The van der Waals surface area contributed by atoms with E-state index in [4.69, 9.17) is 0 Å². The molecule has 30 heavy (non-hydrogen) atoms. The number of rotatable bonds is 5. The number of nitrogens with zero attached hydrogens (tertiary/aromatic N) is 4. The number of hydrogen-bond acceptors (Lipinski definition) is 4. The summed E-state index contributed by atoms with van der Waals surface area (Å²) in [4.78, 5) is 27.2. The number of para-hydroxylation sites is 1. The van der Waals surface area contributed by atoms with E-state index in [1.807, 2.05) is 67.6 Å². The summed E-state index contributed by atoms with van der Waals surface area (Å²) in [6.45, 7) is 3.46. The standard InChI is InChI=1S/C23H25N5O2/c1-17-21(25-26-28(17)20-10-6-3-7-11-20)23(30)27-14-12-19(13-15-27)22(29)24-16-18-8-4-2-5-9-18/h2-11,19H,12-16H2,1H3,(H,24,29). The highest BCUT2D eigenvalue weighted by atomic mass is 16.2. The van der Waals surface area contributed by atoms with Crippen molar-refractivity contribution in [3.63, 3.8) is 0 Å². The van der Waals surface area contributed by atoms with Crippen molar-refractivity contribution < 1.29 is 9.59 Å². The molecule has 0 saturated carbocycles. The van der Waals surface area contributed by atoms with Crippen molar-refractivity contribution in [3.8, 4) is 5.69 Å². The molecule has 7 nitrogen and oxygen atoms in total. The Morgan fingerprint density at radius 3 is 2.30 bits per heavy atom. The molecule has 3 aromatic rings. The van der Waals surface area contributed by atoms with E-state index < -0.39 is 0 Å². The Hall–Kier alpha value is -3.48. The molecule has 2 heterocycles. The van der Waals surface area contributed by atoms with Gasteiger partial charge in [-0.05, 0) is 37.5 Å². The van der Waals surface area contributed by atoms with Crippen LogP contribution < -0.4 is 5.32 Å². The molecule has 0 radical (unpaired) electrons. The van der Waals surface area contributed by atoms with Gasteiger partial charge in [0, 0.05) is 25.6 Å². The van der Waals surface area contributed by atoms with Crippen molar-refractivity contribution >= 4 is 11.8 Å². The normalized spacial score (nSPS) is 14.5. The molecule has 7 heteroatoms. The minimum absolute atomic E-state index is 0.0529. The van der Waals surface area contributed by atoms with Crippen LogP contribution in [-0.4, -0.2) is 44.8 Å². The van der Waals surface area contributed by atoms with Crippen LogP contribution in [0.25, 0.3) is 5.69 Å². The van der Waals surface area contributed by atoms with Crippen molar-refractivity contribution in [3.05, 3.63) is 77.6 Å². The molecule has 0 atom stereocenters. The predicted molar refractivity (Wildman–Crippen MR) is 113 cm³/mol. The van der Waals surface area contributed by atoms with Crippen molar-refractivity contribution in [1.82, 2.24) is 25.2 Å². The molecule has 0 aliphatic carbocycles. The summed E-state index contributed by atoms with van der Waals surface area (Å²) in [7, 11) is 0. The van der Waals surface area contributed by atoms with Crippen LogP contribution in [0, 0.1) is 12.8 Å². The molecule has 0 spiro atoms. The maximum Gasteiger partial charge on any atom is 0.276 e. The first-order chi connectivity index (χ1) is 14.6. The number of hydrogen-bond donors (Lipinski definition) is 1. The SMILES string of the molecule is Cc1c(C(=O)N2CCC(C(=O)NCc3ccccc3)CC2)nnn1-c1ccccc1. The second-order valence-electron chi connectivity index (χ2n) is 7.54. The number of carbonyl (C=O) groups is 2. The number of benzene rings is 2. The minimum Gasteiger partial charge on any atom is -0.352 e. The van der Waals surface area contributed by atoms with Crippen LogP contribution in [0.2, 0.25) is 0 Å². The zero-order chi connectivity index (χ0) is 20.9. The highest BCUT2D eigenvalue weighted by Crippen LogP contribution is 2.21. The Kier molecular flexibility index (Phi) is 5.88. The van der Waals surface area contributed by atoms with Gasteiger partial charge in [0.1, 0.15) is 0 Å². The molecule has 1 fully saturated rings. The second-order valence-corrected chi connectivity index (χ2v) is 7.54. The molecule has 0 bridgehead atoms. The first-order valence-electron chi connectivity index (χ1n) is 10.2. The summed E-state index contributed by atoms with van der Waals surface area (Å²) in [6, 6.07) is 19.5. The highest BCUT2D eigenvalue weighted by Gasteiger charge is 2.30. The third kappa shape index (κ3) is 4.25. The van der Waals surface area contributed by atoms with Crippen molar-refractivity contribution in [2.45, 2.75) is 26.3 Å². The fourth-order valence-electron chi connectivity index (χ4n) is 3.77. The van der Waals surface area contributed by atoms with E-state index in [1.54, 1.807) is 9.58 Å². The topological polar surface area (TPSA) is 80.1 Å². The Morgan fingerprint density at radius 2 is 1.63 bits per heavy atom. The molecule has 1 aliphatic rings. The molecular formula is C23H25N5O2. The first kappa shape index (κ1) is 19.8. The van der Waals surface area contributed by atoms with E-state index in [0.717, 1.165) is 11.3 Å². The zero-order valence-corrected chi connectivity index (χ0v) is 17.0. The van der Waals surface area contributed by atoms with Gasteiger partial charge in [-0.3, -0.25) is 9.59 Å². The third-order valence-electron chi connectivity index (χ3n) is 5.56. The Balaban J connectivity index is 1.33. The fraction of sp³-hybridized carbons (Fsp3) is 0.304. The Morgan fingerprint density at radius 1 is 1.00 bits per heavy atom. The number of likely N-dealkylation sites (tertiary alicyclic amines) is 1. The quantitative estimate of drug-likeness (QED) is 0.710. The van der Waals surface area contributed by atoms with Crippen LogP contribution in [-0.2, 0) is 11.3 Å². The van der Waals surface area contributed by atoms with E-state index >= 15 is 0 Å². The summed E-state index contributed by atoms with van der Waals surface area (Å²) in [5.74, 6) is -0.145. The lowest BCUT2D eigenvalue weighted by atomic mass is 9.95. The average molecular weight is 403 g/mol. The predicted octanol–water partition coefficient (Wildman–Crippen LogP) is 2.74. The van der Waals surface area contributed by atoms with Gasteiger partial charge < -0.3 is 10.2 Å². The minimum atomic E-state index is -0.127. The zero-order valence-electron chi connectivity index (χ0n) is 17.0. The van der Waals surface area contributed by atoms with E-state index in [2.05, 4.69) is 15.6 Å². The molecule has 1 saturated heterocycles. The number of amides is 2. The van der Waals surface area contributed by atoms with Crippen LogP contribution in [0.5, 0.6) is 0 Å². The molecule has 1 N–H and O–H groups in total. The van der Waals surface area contributed by atoms with E-state index in [0.29, 0.717) is 43.9 Å². The lowest BCUT2D eigenvalue weighted by molar-refractivity contribution is -0.126. The monoisotopic (exact) mass is 403 g/mol. The smallest absolute Gasteiger partial charge is 0.276 e. The van der Waals surface area contributed by atoms with E-state index in [-0.39, 0.29) is 17.7 Å². The van der Waals surface area contributed by atoms with Gasteiger partial charge in [0.25, 0.3) is 5.91 Å². The number of carbonyl (C=O) groups excluding carboxylic acids is 2. The van der Waals surface area contributed by atoms with E-state index in [9.17, 15) is 9.59 Å². The van der Waals surface area contributed by atoms with Crippen LogP contribution in [0.15, 0.2) is 60.7 Å². The van der Waals surface area contributed by atoms with Crippen LogP contribution in [0.3, 0.4) is 0 Å². The van der Waals surface area contributed by atoms with Crippen molar-refractivity contribution in [1.29, 1.82) is 0 Å². The highest BCUT2D eigenvalue weighted by molar-refractivity contribution is 5.93. The lowest BCUT2D eigenvalue weighted by Crippen LogP contribution is -2.43. The lowest BCUT2D eigenvalue weighted by Gasteiger charge is -2.31. The first-order valence-corrected chi connectivity index (χ1v) is 10.2. The second kappa shape index (κ2) is 8.90. The van der Waals surface area contributed by atoms with Crippen molar-refractivity contribution in [2.75, 3.05) is 13.1 Å². The molecule has 154 valence electrons. The van der Waals surface area contributed by atoms with Gasteiger partial charge in [-0.15, -0.1) is 5.10 Å². The summed E-state index contributed by atoms with van der Waals surface area (Å²) in [6.07, 6.45) is 1.30. The molecule has 1 aromatic heterocycles. The molecular weight excluding hydrogens is 378 g/mol. The molecule has 2 amide bonds. The van der Waals surface area contributed by atoms with Crippen LogP contribution in [0.1, 0.15) is 34.6 Å². The van der Waals surface area contributed by atoms with Crippen LogP contribution in [0.4, 0.5) is 0 Å². The van der Waals surface area contributed by atoms with Gasteiger partial charge in [0.2, 0.25) is 5.91 Å². The Labute approximate surface area is 175 Å². The van der Waals surface area contributed by atoms with E-state index in [1.165, 1.54) is 0 Å². The summed E-state index contributed by atoms with van der Waals surface area (Å²) in [5, 5.41) is 11.3.